The number of pyridine rings is 1. The lowest BCUT2D eigenvalue weighted by molar-refractivity contribution is -0.129. The van der Waals surface area contributed by atoms with Crippen molar-refractivity contribution < 1.29 is 4.79 Å². The SMILES string of the molecule is CCc1ncnc(N2CCN(C(C)=O)CC2)c1C#Cc1ccc(N)nc1.Cl.Cl. The summed E-state index contributed by atoms with van der Waals surface area (Å²) in [5.74, 6) is 7.76. The van der Waals surface area contributed by atoms with Crippen molar-refractivity contribution in [3.05, 3.63) is 41.5 Å². The van der Waals surface area contributed by atoms with Crippen LogP contribution in [0, 0.1) is 11.8 Å². The minimum atomic E-state index is 0. The highest BCUT2D eigenvalue weighted by Crippen LogP contribution is 2.21. The zero-order chi connectivity index (χ0) is 18.5. The van der Waals surface area contributed by atoms with E-state index in [1.165, 1.54) is 0 Å². The molecule has 2 aromatic heterocycles. The maximum atomic E-state index is 11.5. The van der Waals surface area contributed by atoms with Gasteiger partial charge in [0.15, 0.2) is 0 Å². The molecule has 3 rings (SSSR count). The third-order valence-corrected chi connectivity index (χ3v) is 4.38. The van der Waals surface area contributed by atoms with Gasteiger partial charge in [-0.15, -0.1) is 24.8 Å². The summed E-state index contributed by atoms with van der Waals surface area (Å²) in [7, 11) is 0. The van der Waals surface area contributed by atoms with Gasteiger partial charge in [0.2, 0.25) is 5.91 Å². The molecule has 1 fully saturated rings. The quantitative estimate of drug-likeness (QED) is 0.743. The molecule has 1 aliphatic rings. The maximum Gasteiger partial charge on any atom is 0.219 e. The van der Waals surface area contributed by atoms with E-state index in [1.807, 2.05) is 11.0 Å². The topological polar surface area (TPSA) is 88.2 Å². The number of hydrogen-bond acceptors (Lipinski definition) is 6. The van der Waals surface area contributed by atoms with E-state index in [-0.39, 0.29) is 30.7 Å². The monoisotopic (exact) mass is 422 g/mol. The van der Waals surface area contributed by atoms with Gasteiger partial charge in [-0.2, -0.15) is 0 Å². The number of carbonyl (C=O) groups is 1. The molecule has 28 heavy (non-hydrogen) atoms. The number of amides is 1. The van der Waals surface area contributed by atoms with E-state index >= 15 is 0 Å². The Morgan fingerprint density at radius 1 is 1.11 bits per heavy atom. The molecule has 0 aromatic carbocycles. The average molecular weight is 423 g/mol. The Balaban J connectivity index is 0.00000196. The number of carbonyl (C=O) groups excluding carboxylic acids is 1. The third-order valence-electron chi connectivity index (χ3n) is 4.38. The lowest BCUT2D eigenvalue weighted by Crippen LogP contribution is -2.48. The van der Waals surface area contributed by atoms with E-state index in [1.54, 1.807) is 25.5 Å². The lowest BCUT2D eigenvalue weighted by Gasteiger charge is -2.35. The molecule has 0 radical (unpaired) electrons. The largest absolute Gasteiger partial charge is 0.384 e. The minimum absolute atomic E-state index is 0. The number of nitrogen functional groups attached to an aromatic ring is 1. The summed E-state index contributed by atoms with van der Waals surface area (Å²) in [6.07, 6.45) is 4.01. The van der Waals surface area contributed by atoms with Crippen LogP contribution in [0.2, 0.25) is 0 Å². The van der Waals surface area contributed by atoms with Gasteiger partial charge in [-0.05, 0) is 18.6 Å². The molecule has 0 saturated carbocycles. The highest BCUT2D eigenvalue weighted by molar-refractivity contribution is 5.85. The summed E-state index contributed by atoms with van der Waals surface area (Å²) in [5.41, 5.74) is 8.16. The minimum Gasteiger partial charge on any atom is -0.384 e. The molecule has 1 saturated heterocycles. The molecule has 1 aliphatic heterocycles. The van der Waals surface area contributed by atoms with Crippen molar-refractivity contribution in [2.45, 2.75) is 20.3 Å². The number of anilines is 2. The molecule has 7 nitrogen and oxygen atoms in total. The van der Waals surface area contributed by atoms with Gasteiger partial charge in [0.1, 0.15) is 18.0 Å². The Bertz CT molecular complexity index is 855. The van der Waals surface area contributed by atoms with Crippen LogP contribution in [0.25, 0.3) is 0 Å². The van der Waals surface area contributed by atoms with Gasteiger partial charge < -0.3 is 15.5 Å². The summed E-state index contributed by atoms with van der Waals surface area (Å²) in [6.45, 7) is 6.50. The van der Waals surface area contributed by atoms with Gasteiger partial charge >= 0.3 is 0 Å². The van der Waals surface area contributed by atoms with E-state index in [2.05, 4.69) is 38.6 Å². The number of halogens is 2. The standard InChI is InChI=1S/C19H22N6O.2ClH/c1-3-17-16(6-4-15-5-7-18(20)21-12-15)19(23-13-22-17)25-10-8-24(9-11-25)14(2)26;;/h5,7,12-13H,3,8-11H2,1-2H3,(H2,20,21);2*1H. The Hall–Kier alpha value is -2.56. The molecule has 0 aliphatic carbocycles. The van der Waals surface area contributed by atoms with Crippen molar-refractivity contribution in [3.8, 4) is 11.8 Å². The normalized spacial score (nSPS) is 12.9. The van der Waals surface area contributed by atoms with Crippen LogP contribution in [-0.2, 0) is 11.2 Å². The highest BCUT2D eigenvalue weighted by atomic mass is 35.5. The molecule has 9 heteroatoms. The molecule has 0 atom stereocenters. The van der Waals surface area contributed by atoms with Crippen molar-refractivity contribution in [3.63, 3.8) is 0 Å². The van der Waals surface area contributed by atoms with E-state index in [4.69, 9.17) is 5.73 Å². The Kier molecular flexibility index (Phi) is 8.97. The van der Waals surface area contributed by atoms with Gasteiger partial charge in [0.25, 0.3) is 0 Å². The number of piperazine rings is 1. The molecule has 0 spiro atoms. The van der Waals surface area contributed by atoms with Gasteiger partial charge in [-0.1, -0.05) is 18.8 Å². The predicted molar refractivity (Wildman–Crippen MR) is 115 cm³/mol. The number of rotatable bonds is 2. The van der Waals surface area contributed by atoms with Gasteiger partial charge in [0, 0.05) is 44.9 Å². The number of hydrogen-bond donors (Lipinski definition) is 1. The highest BCUT2D eigenvalue weighted by Gasteiger charge is 2.22. The van der Waals surface area contributed by atoms with Crippen LogP contribution < -0.4 is 10.6 Å². The molecule has 2 aromatic rings. The molecule has 1 amide bonds. The molecule has 3 heterocycles. The van der Waals surface area contributed by atoms with Gasteiger partial charge in [0.05, 0.1) is 11.3 Å². The van der Waals surface area contributed by atoms with Crippen LogP contribution in [0.4, 0.5) is 11.6 Å². The van der Waals surface area contributed by atoms with Crippen molar-refractivity contribution in [2.75, 3.05) is 36.8 Å². The lowest BCUT2D eigenvalue weighted by atomic mass is 10.1. The van der Waals surface area contributed by atoms with Crippen LogP contribution in [-0.4, -0.2) is 51.9 Å². The summed E-state index contributed by atoms with van der Waals surface area (Å²) >= 11 is 0. The average Bonchev–Trinajstić information content (AvgIpc) is 2.67. The number of nitrogens with two attached hydrogens (primary N) is 1. The van der Waals surface area contributed by atoms with E-state index < -0.39 is 0 Å². The van der Waals surface area contributed by atoms with Crippen LogP contribution in [0.3, 0.4) is 0 Å². The van der Waals surface area contributed by atoms with Crippen LogP contribution in [0.15, 0.2) is 24.7 Å². The fourth-order valence-electron chi connectivity index (χ4n) is 2.89. The first kappa shape index (κ1) is 23.5. The Labute approximate surface area is 177 Å². The van der Waals surface area contributed by atoms with E-state index in [9.17, 15) is 4.79 Å². The van der Waals surface area contributed by atoms with E-state index in [0.717, 1.165) is 42.1 Å². The zero-order valence-electron chi connectivity index (χ0n) is 15.9. The first-order valence-electron chi connectivity index (χ1n) is 8.66. The number of aromatic nitrogens is 3. The number of nitrogens with zero attached hydrogens (tertiary/aromatic N) is 5. The third kappa shape index (κ3) is 5.47. The fraction of sp³-hybridized carbons (Fsp3) is 0.368. The van der Waals surface area contributed by atoms with Crippen molar-refractivity contribution in [2.24, 2.45) is 0 Å². The van der Waals surface area contributed by atoms with Crippen molar-refractivity contribution >= 4 is 42.4 Å². The van der Waals surface area contributed by atoms with Gasteiger partial charge in [-0.3, -0.25) is 4.79 Å². The second kappa shape index (κ2) is 10.7. The first-order chi connectivity index (χ1) is 12.6. The first-order valence-corrected chi connectivity index (χ1v) is 8.66. The Morgan fingerprint density at radius 3 is 2.39 bits per heavy atom. The van der Waals surface area contributed by atoms with Crippen molar-refractivity contribution in [1.82, 2.24) is 19.9 Å². The van der Waals surface area contributed by atoms with E-state index in [0.29, 0.717) is 18.9 Å². The van der Waals surface area contributed by atoms with Crippen molar-refractivity contribution in [1.29, 1.82) is 0 Å². The summed E-state index contributed by atoms with van der Waals surface area (Å²) in [5, 5.41) is 0. The van der Waals surface area contributed by atoms with Gasteiger partial charge in [-0.25, -0.2) is 15.0 Å². The summed E-state index contributed by atoms with van der Waals surface area (Å²) in [4.78, 5) is 28.5. The smallest absolute Gasteiger partial charge is 0.219 e. The molecule has 0 bridgehead atoms. The van der Waals surface area contributed by atoms with Crippen LogP contribution in [0.5, 0.6) is 0 Å². The van der Waals surface area contributed by atoms with Crippen LogP contribution >= 0.6 is 24.8 Å². The second-order valence-electron chi connectivity index (χ2n) is 6.09. The van der Waals surface area contributed by atoms with Crippen LogP contribution in [0.1, 0.15) is 30.7 Å². The Morgan fingerprint density at radius 2 is 1.82 bits per heavy atom. The molecular weight excluding hydrogens is 399 g/mol. The summed E-state index contributed by atoms with van der Waals surface area (Å²) in [6, 6.07) is 3.57. The fourth-order valence-corrected chi connectivity index (χ4v) is 2.89. The zero-order valence-corrected chi connectivity index (χ0v) is 17.5. The molecular formula is C19H24Cl2N6O. The second-order valence-corrected chi connectivity index (χ2v) is 6.09. The molecule has 150 valence electrons. The maximum absolute atomic E-state index is 11.5. The number of aryl methyl sites for hydroxylation is 1. The molecule has 2 N–H and O–H groups in total. The summed E-state index contributed by atoms with van der Waals surface area (Å²) < 4.78 is 0. The predicted octanol–water partition coefficient (Wildman–Crippen LogP) is 1.93. The molecule has 0 unspecified atom stereocenters.